The van der Waals surface area contributed by atoms with E-state index in [0.29, 0.717) is 17.1 Å². The molecule has 0 atom stereocenters. The summed E-state index contributed by atoms with van der Waals surface area (Å²) in [5.74, 6) is 0.511. The quantitative estimate of drug-likeness (QED) is 0.353. The van der Waals surface area contributed by atoms with E-state index in [9.17, 15) is 4.79 Å². The number of methoxy groups -OCH3 is 1. The van der Waals surface area contributed by atoms with Crippen LogP contribution >= 0.6 is 0 Å². The van der Waals surface area contributed by atoms with Crippen LogP contribution in [0.5, 0.6) is 11.5 Å². The fourth-order valence-electron chi connectivity index (χ4n) is 2.56. The zero-order chi connectivity index (χ0) is 18.4. The van der Waals surface area contributed by atoms with E-state index in [1.165, 1.54) is 0 Å². The van der Waals surface area contributed by atoms with Crippen molar-refractivity contribution in [3.8, 4) is 11.5 Å². The van der Waals surface area contributed by atoms with Crippen molar-refractivity contribution in [1.29, 1.82) is 0 Å². The fraction of sp³-hybridized carbons (Fsp3) is 0.0870. The number of rotatable bonds is 5. The maximum absolute atomic E-state index is 12.3. The maximum Gasteiger partial charge on any atom is 0.343 e. The Balaban J connectivity index is 1.78. The largest absolute Gasteiger partial charge is 0.493 e. The van der Waals surface area contributed by atoms with Crippen LogP contribution in [0.4, 0.5) is 0 Å². The van der Waals surface area contributed by atoms with Crippen LogP contribution in [0.2, 0.25) is 0 Å². The lowest BCUT2D eigenvalue weighted by atomic mass is 10.1. The van der Waals surface area contributed by atoms with Crippen molar-refractivity contribution in [1.82, 2.24) is 0 Å². The predicted molar refractivity (Wildman–Crippen MR) is 105 cm³/mol. The van der Waals surface area contributed by atoms with Crippen molar-refractivity contribution >= 4 is 18.1 Å². The molecule has 26 heavy (non-hydrogen) atoms. The van der Waals surface area contributed by atoms with Crippen molar-refractivity contribution in [2.24, 2.45) is 0 Å². The van der Waals surface area contributed by atoms with Gasteiger partial charge in [-0.25, -0.2) is 4.79 Å². The van der Waals surface area contributed by atoms with E-state index in [0.717, 1.165) is 16.7 Å². The van der Waals surface area contributed by atoms with Crippen molar-refractivity contribution < 1.29 is 14.3 Å². The summed E-state index contributed by atoms with van der Waals surface area (Å²) >= 11 is 0. The molecular formula is C23H20O3. The summed E-state index contributed by atoms with van der Waals surface area (Å²) in [5, 5.41) is 0. The number of benzene rings is 3. The molecule has 0 saturated carbocycles. The number of aryl methyl sites for hydroxylation is 1. The highest BCUT2D eigenvalue weighted by atomic mass is 16.6. The minimum atomic E-state index is -0.403. The Morgan fingerprint density at radius 3 is 2.31 bits per heavy atom. The molecule has 0 bridgehead atoms. The normalized spacial score (nSPS) is 10.7. The zero-order valence-electron chi connectivity index (χ0n) is 14.8. The van der Waals surface area contributed by atoms with E-state index < -0.39 is 5.97 Å². The summed E-state index contributed by atoms with van der Waals surface area (Å²) in [6.45, 7) is 1.94. The Morgan fingerprint density at radius 2 is 1.58 bits per heavy atom. The average molecular weight is 344 g/mol. The molecule has 0 N–H and O–H groups in total. The second-order valence-electron chi connectivity index (χ2n) is 5.91. The molecule has 0 aliphatic rings. The highest BCUT2D eigenvalue weighted by Gasteiger charge is 2.12. The van der Waals surface area contributed by atoms with Gasteiger partial charge in [0.05, 0.1) is 12.7 Å². The number of carbonyl (C=O) groups is 1. The first-order valence-electron chi connectivity index (χ1n) is 8.36. The van der Waals surface area contributed by atoms with Gasteiger partial charge in [-0.15, -0.1) is 0 Å². The SMILES string of the molecule is COc1cc(/C=C/c2ccccc2)ccc1OC(=O)c1cccc(C)c1. The molecular weight excluding hydrogens is 324 g/mol. The second-order valence-corrected chi connectivity index (χ2v) is 5.91. The summed E-state index contributed by atoms with van der Waals surface area (Å²) in [7, 11) is 1.56. The first-order chi connectivity index (χ1) is 12.7. The Morgan fingerprint density at radius 1 is 0.808 bits per heavy atom. The molecule has 0 aliphatic carbocycles. The summed E-state index contributed by atoms with van der Waals surface area (Å²) in [6, 6.07) is 22.8. The van der Waals surface area contributed by atoms with Crippen LogP contribution < -0.4 is 9.47 Å². The van der Waals surface area contributed by atoms with Gasteiger partial charge in [0.25, 0.3) is 0 Å². The molecule has 0 heterocycles. The molecule has 0 aromatic heterocycles. The highest BCUT2D eigenvalue weighted by Crippen LogP contribution is 2.29. The first kappa shape index (κ1) is 17.5. The molecule has 0 unspecified atom stereocenters. The van der Waals surface area contributed by atoms with E-state index >= 15 is 0 Å². The monoisotopic (exact) mass is 344 g/mol. The minimum absolute atomic E-state index is 0.399. The third kappa shape index (κ3) is 4.39. The molecule has 3 nitrogen and oxygen atoms in total. The van der Waals surface area contributed by atoms with Crippen LogP contribution in [-0.4, -0.2) is 13.1 Å². The van der Waals surface area contributed by atoms with Crippen LogP contribution in [0, 0.1) is 6.92 Å². The molecule has 0 saturated heterocycles. The third-order valence-electron chi connectivity index (χ3n) is 3.91. The average Bonchev–Trinajstić information content (AvgIpc) is 2.68. The summed E-state index contributed by atoms with van der Waals surface area (Å²) in [5.41, 5.74) is 3.59. The van der Waals surface area contributed by atoms with E-state index in [4.69, 9.17) is 9.47 Å². The van der Waals surface area contributed by atoms with E-state index in [-0.39, 0.29) is 0 Å². The number of ether oxygens (including phenoxy) is 2. The summed E-state index contributed by atoms with van der Waals surface area (Å²) in [6.07, 6.45) is 4.01. The molecule has 0 fully saturated rings. The molecule has 0 amide bonds. The van der Waals surface area contributed by atoms with Gasteiger partial charge < -0.3 is 9.47 Å². The van der Waals surface area contributed by atoms with Crippen LogP contribution in [0.15, 0.2) is 72.8 Å². The van der Waals surface area contributed by atoms with Gasteiger partial charge in [-0.3, -0.25) is 0 Å². The van der Waals surface area contributed by atoms with Gasteiger partial charge in [-0.05, 0) is 42.3 Å². The smallest absolute Gasteiger partial charge is 0.343 e. The zero-order valence-corrected chi connectivity index (χ0v) is 14.8. The Bertz CT molecular complexity index is 927. The molecule has 0 aliphatic heterocycles. The summed E-state index contributed by atoms with van der Waals surface area (Å²) < 4.78 is 10.9. The predicted octanol–water partition coefficient (Wildman–Crippen LogP) is 5.39. The number of hydrogen-bond donors (Lipinski definition) is 0. The lowest BCUT2D eigenvalue weighted by Gasteiger charge is -2.10. The number of esters is 1. The van der Waals surface area contributed by atoms with Crippen molar-refractivity contribution in [2.75, 3.05) is 7.11 Å². The molecule has 0 spiro atoms. The lowest BCUT2D eigenvalue weighted by Crippen LogP contribution is -2.09. The topological polar surface area (TPSA) is 35.5 Å². The molecule has 3 heteroatoms. The second kappa shape index (κ2) is 8.17. The Labute approximate surface area is 153 Å². The first-order valence-corrected chi connectivity index (χ1v) is 8.36. The Hall–Kier alpha value is -3.33. The number of carbonyl (C=O) groups excluding carboxylic acids is 1. The van der Waals surface area contributed by atoms with Gasteiger partial charge >= 0.3 is 5.97 Å². The Kier molecular flexibility index (Phi) is 5.49. The van der Waals surface area contributed by atoms with E-state index in [2.05, 4.69) is 0 Å². The van der Waals surface area contributed by atoms with Gasteiger partial charge in [0.15, 0.2) is 11.5 Å². The molecule has 3 aromatic carbocycles. The van der Waals surface area contributed by atoms with Gasteiger partial charge in [-0.2, -0.15) is 0 Å². The van der Waals surface area contributed by atoms with Crippen LogP contribution in [0.1, 0.15) is 27.0 Å². The van der Waals surface area contributed by atoms with Crippen LogP contribution in [0.3, 0.4) is 0 Å². The van der Waals surface area contributed by atoms with Crippen molar-refractivity contribution in [3.05, 3.63) is 95.1 Å². The summed E-state index contributed by atoms with van der Waals surface area (Å²) in [4.78, 5) is 12.3. The van der Waals surface area contributed by atoms with Crippen molar-refractivity contribution in [2.45, 2.75) is 6.92 Å². The standard InChI is InChI=1S/C23H20O3/c1-17-7-6-10-20(15-17)23(24)26-21-14-13-19(16-22(21)25-2)12-11-18-8-4-3-5-9-18/h3-16H,1-2H3/b12-11+. The molecule has 3 aromatic rings. The molecule has 3 rings (SSSR count). The van der Waals surface area contributed by atoms with Gasteiger partial charge in [0.2, 0.25) is 0 Å². The molecule has 130 valence electrons. The van der Waals surface area contributed by atoms with Crippen molar-refractivity contribution in [3.63, 3.8) is 0 Å². The maximum atomic E-state index is 12.3. The highest BCUT2D eigenvalue weighted by molar-refractivity contribution is 5.91. The van der Waals surface area contributed by atoms with E-state index in [1.807, 2.05) is 73.7 Å². The van der Waals surface area contributed by atoms with Gasteiger partial charge in [-0.1, -0.05) is 66.2 Å². The molecule has 0 radical (unpaired) electrons. The van der Waals surface area contributed by atoms with Crippen LogP contribution in [-0.2, 0) is 0 Å². The number of hydrogen-bond acceptors (Lipinski definition) is 3. The minimum Gasteiger partial charge on any atom is -0.493 e. The van der Waals surface area contributed by atoms with Gasteiger partial charge in [0.1, 0.15) is 0 Å². The fourth-order valence-corrected chi connectivity index (χ4v) is 2.56. The van der Waals surface area contributed by atoms with E-state index in [1.54, 1.807) is 25.3 Å². The third-order valence-corrected chi connectivity index (χ3v) is 3.91. The van der Waals surface area contributed by atoms with Gasteiger partial charge in [0, 0.05) is 0 Å². The lowest BCUT2D eigenvalue weighted by molar-refractivity contribution is 0.0729. The van der Waals surface area contributed by atoms with Crippen LogP contribution in [0.25, 0.3) is 12.2 Å².